The molecule has 2 rings (SSSR count). The van der Waals surface area contributed by atoms with Gasteiger partial charge < -0.3 is 5.32 Å². The molecule has 1 N–H and O–H groups in total. The summed E-state index contributed by atoms with van der Waals surface area (Å²) in [5, 5.41) is 3.27. The first-order valence-corrected chi connectivity index (χ1v) is 7.65. The standard InChI is InChI=1S/C15H23NS/c1-12-7-8-15(14(9-12)10-16-2)17-11-13-5-3-4-6-13/h7-9,13,16H,3-6,10-11H2,1-2H3. The molecule has 1 saturated carbocycles. The van der Waals surface area contributed by atoms with Crippen LogP contribution in [0.3, 0.4) is 0 Å². The molecule has 1 fully saturated rings. The van der Waals surface area contributed by atoms with Crippen molar-refractivity contribution in [3.63, 3.8) is 0 Å². The maximum atomic E-state index is 3.27. The molecule has 0 amide bonds. The van der Waals surface area contributed by atoms with Gasteiger partial charge in [0.15, 0.2) is 0 Å². The van der Waals surface area contributed by atoms with E-state index in [4.69, 9.17) is 0 Å². The highest BCUT2D eigenvalue weighted by Gasteiger charge is 2.15. The molecule has 94 valence electrons. The van der Waals surface area contributed by atoms with Crippen LogP contribution in [-0.2, 0) is 6.54 Å². The van der Waals surface area contributed by atoms with Crippen LogP contribution in [0.2, 0.25) is 0 Å². The van der Waals surface area contributed by atoms with E-state index in [1.165, 1.54) is 47.5 Å². The van der Waals surface area contributed by atoms with Gasteiger partial charge >= 0.3 is 0 Å². The fourth-order valence-electron chi connectivity index (χ4n) is 2.56. The van der Waals surface area contributed by atoms with Crippen LogP contribution in [0, 0.1) is 12.8 Å². The summed E-state index contributed by atoms with van der Waals surface area (Å²) < 4.78 is 0. The fourth-order valence-corrected chi connectivity index (χ4v) is 3.79. The zero-order chi connectivity index (χ0) is 12.1. The first kappa shape index (κ1) is 13.0. The van der Waals surface area contributed by atoms with Crippen molar-refractivity contribution in [2.45, 2.75) is 44.0 Å². The molecule has 1 aliphatic carbocycles. The molecule has 1 nitrogen and oxygen atoms in total. The zero-order valence-electron chi connectivity index (χ0n) is 11.0. The second kappa shape index (κ2) is 6.46. The van der Waals surface area contributed by atoms with Crippen molar-refractivity contribution in [3.05, 3.63) is 29.3 Å². The predicted molar refractivity (Wildman–Crippen MR) is 76.6 cm³/mol. The van der Waals surface area contributed by atoms with Crippen molar-refractivity contribution >= 4 is 11.8 Å². The van der Waals surface area contributed by atoms with Crippen LogP contribution >= 0.6 is 11.8 Å². The lowest BCUT2D eigenvalue weighted by Gasteiger charge is -2.12. The monoisotopic (exact) mass is 249 g/mol. The molecule has 0 atom stereocenters. The molecule has 1 aromatic rings. The van der Waals surface area contributed by atoms with Gasteiger partial charge in [-0.25, -0.2) is 0 Å². The van der Waals surface area contributed by atoms with Crippen LogP contribution in [0.15, 0.2) is 23.1 Å². The summed E-state index contributed by atoms with van der Waals surface area (Å²) in [5.41, 5.74) is 2.82. The number of benzene rings is 1. The average Bonchev–Trinajstić information content (AvgIpc) is 2.81. The quantitative estimate of drug-likeness (QED) is 0.792. The molecule has 17 heavy (non-hydrogen) atoms. The second-order valence-electron chi connectivity index (χ2n) is 5.10. The largest absolute Gasteiger partial charge is 0.316 e. The Bertz CT molecular complexity index is 356. The molecule has 0 unspecified atom stereocenters. The minimum absolute atomic E-state index is 0.962. The van der Waals surface area contributed by atoms with Gasteiger partial charge in [-0.3, -0.25) is 0 Å². The Morgan fingerprint density at radius 2 is 2.06 bits per heavy atom. The van der Waals surface area contributed by atoms with Gasteiger partial charge in [0, 0.05) is 17.2 Å². The maximum absolute atomic E-state index is 3.27. The summed E-state index contributed by atoms with van der Waals surface area (Å²) in [4.78, 5) is 1.47. The zero-order valence-corrected chi connectivity index (χ0v) is 11.8. The number of hydrogen-bond donors (Lipinski definition) is 1. The van der Waals surface area contributed by atoms with Gasteiger partial charge in [-0.1, -0.05) is 30.5 Å². The summed E-state index contributed by atoms with van der Waals surface area (Å²) >= 11 is 2.05. The molecule has 1 aromatic carbocycles. The van der Waals surface area contributed by atoms with E-state index in [-0.39, 0.29) is 0 Å². The van der Waals surface area contributed by atoms with Crippen molar-refractivity contribution in [1.29, 1.82) is 0 Å². The van der Waals surface area contributed by atoms with E-state index in [9.17, 15) is 0 Å². The van der Waals surface area contributed by atoms with Gasteiger partial charge in [-0.2, -0.15) is 0 Å². The highest BCUT2D eigenvalue weighted by molar-refractivity contribution is 7.99. The normalized spacial score (nSPS) is 16.6. The molecule has 0 aliphatic heterocycles. The van der Waals surface area contributed by atoms with E-state index >= 15 is 0 Å². The van der Waals surface area contributed by atoms with Gasteiger partial charge in [-0.05, 0) is 44.4 Å². The van der Waals surface area contributed by atoms with Gasteiger partial charge in [0.05, 0.1) is 0 Å². The smallest absolute Gasteiger partial charge is 0.0213 e. The molecular formula is C15H23NS. The average molecular weight is 249 g/mol. The Labute approximate surface area is 109 Å². The van der Waals surface area contributed by atoms with Crippen molar-refractivity contribution in [3.8, 4) is 0 Å². The minimum atomic E-state index is 0.962. The first-order valence-electron chi connectivity index (χ1n) is 6.66. The third-order valence-corrected chi connectivity index (χ3v) is 4.88. The van der Waals surface area contributed by atoms with Crippen LogP contribution in [0.4, 0.5) is 0 Å². The molecular weight excluding hydrogens is 226 g/mol. The fraction of sp³-hybridized carbons (Fsp3) is 0.600. The minimum Gasteiger partial charge on any atom is -0.316 e. The van der Waals surface area contributed by atoms with E-state index in [0.717, 1.165) is 12.5 Å². The van der Waals surface area contributed by atoms with E-state index in [1.54, 1.807) is 0 Å². The van der Waals surface area contributed by atoms with Crippen LogP contribution in [-0.4, -0.2) is 12.8 Å². The van der Waals surface area contributed by atoms with Crippen molar-refractivity contribution in [1.82, 2.24) is 5.32 Å². The van der Waals surface area contributed by atoms with Crippen molar-refractivity contribution in [2.24, 2.45) is 5.92 Å². The van der Waals surface area contributed by atoms with E-state index in [2.05, 4.69) is 42.2 Å². The highest BCUT2D eigenvalue weighted by atomic mass is 32.2. The Morgan fingerprint density at radius 3 is 2.76 bits per heavy atom. The topological polar surface area (TPSA) is 12.0 Å². The highest BCUT2D eigenvalue weighted by Crippen LogP contribution is 2.32. The molecule has 0 bridgehead atoms. The van der Waals surface area contributed by atoms with E-state index in [0.29, 0.717) is 0 Å². The Balaban J connectivity index is 1.98. The van der Waals surface area contributed by atoms with Crippen LogP contribution < -0.4 is 5.32 Å². The Kier molecular flexibility index (Phi) is 4.93. The summed E-state index contributed by atoms with van der Waals surface area (Å²) in [7, 11) is 2.02. The first-order chi connectivity index (χ1) is 8.29. The molecule has 0 saturated heterocycles. The van der Waals surface area contributed by atoms with Crippen LogP contribution in [0.25, 0.3) is 0 Å². The van der Waals surface area contributed by atoms with Gasteiger partial charge in [-0.15, -0.1) is 11.8 Å². The lowest BCUT2D eigenvalue weighted by molar-refractivity contribution is 0.623. The van der Waals surface area contributed by atoms with Crippen molar-refractivity contribution in [2.75, 3.05) is 12.8 Å². The number of hydrogen-bond acceptors (Lipinski definition) is 2. The lowest BCUT2D eigenvalue weighted by Crippen LogP contribution is -2.07. The molecule has 0 aromatic heterocycles. The van der Waals surface area contributed by atoms with Crippen LogP contribution in [0.5, 0.6) is 0 Å². The second-order valence-corrected chi connectivity index (χ2v) is 6.16. The SMILES string of the molecule is CNCc1cc(C)ccc1SCC1CCCC1. The maximum Gasteiger partial charge on any atom is 0.0213 e. The third-order valence-electron chi connectivity index (χ3n) is 3.53. The lowest BCUT2D eigenvalue weighted by atomic mass is 10.1. The Hall–Kier alpha value is -0.470. The summed E-state index contributed by atoms with van der Waals surface area (Å²) in [6, 6.07) is 6.84. The summed E-state index contributed by atoms with van der Waals surface area (Å²) in [6.07, 6.45) is 5.78. The number of rotatable bonds is 5. The molecule has 0 spiro atoms. The number of aryl methyl sites for hydroxylation is 1. The third kappa shape index (κ3) is 3.75. The molecule has 0 radical (unpaired) electrons. The molecule has 1 aliphatic rings. The van der Waals surface area contributed by atoms with Gasteiger partial charge in [0.25, 0.3) is 0 Å². The predicted octanol–water partition coefficient (Wildman–Crippen LogP) is 4.00. The summed E-state index contributed by atoms with van der Waals surface area (Å²) in [6.45, 7) is 3.15. The Morgan fingerprint density at radius 1 is 1.29 bits per heavy atom. The number of nitrogens with one attached hydrogen (secondary N) is 1. The van der Waals surface area contributed by atoms with E-state index < -0.39 is 0 Å². The van der Waals surface area contributed by atoms with Crippen LogP contribution in [0.1, 0.15) is 36.8 Å². The van der Waals surface area contributed by atoms with Gasteiger partial charge in [0.2, 0.25) is 0 Å². The molecule has 2 heteroatoms. The van der Waals surface area contributed by atoms with Crippen molar-refractivity contribution < 1.29 is 0 Å². The molecule has 0 heterocycles. The van der Waals surface area contributed by atoms with E-state index in [1.807, 2.05) is 7.05 Å². The summed E-state index contributed by atoms with van der Waals surface area (Å²) in [5.74, 6) is 2.27. The number of thioether (sulfide) groups is 1. The van der Waals surface area contributed by atoms with Gasteiger partial charge in [0.1, 0.15) is 0 Å².